The van der Waals surface area contributed by atoms with Gasteiger partial charge in [-0.15, -0.1) is 0 Å². The molecular formula is C22H28N4O2. The van der Waals surface area contributed by atoms with Crippen molar-refractivity contribution in [1.82, 2.24) is 20.1 Å². The molecular weight excluding hydrogens is 352 g/mol. The zero-order chi connectivity index (χ0) is 19.2. The van der Waals surface area contributed by atoms with E-state index in [1.165, 1.54) is 24.7 Å². The first kappa shape index (κ1) is 18.9. The van der Waals surface area contributed by atoms with E-state index in [1.807, 2.05) is 6.07 Å². The average Bonchev–Trinajstić information content (AvgIpc) is 3.45. The van der Waals surface area contributed by atoms with Crippen molar-refractivity contribution >= 4 is 12.0 Å². The van der Waals surface area contributed by atoms with Crippen molar-refractivity contribution in [1.29, 1.82) is 0 Å². The zero-order valence-corrected chi connectivity index (χ0v) is 16.2. The van der Waals surface area contributed by atoms with Gasteiger partial charge < -0.3 is 9.73 Å². The third-order valence-corrected chi connectivity index (χ3v) is 5.33. The molecule has 0 spiro atoms. The van der Waals surface area contributed by atoms with Crippen LogP contribution in [0.3, 0.4) is 0 Å². The van der Waals surface area contributed by atoms with Crippen LogP contribution in [0.1, 0.15) is 34.8 Å². The summed E-state index contributed by atoms with van der Waals surface area (Å²) in [5, 5.41) is 2.93. The lowest BCUT2D eigenvalue weighted by molar-refractivity contribution is 0.0946. The molecule has 1 saturated carbocycles. The number of amides is 1. The topological polar surface area (TPSA) is 61.6 Å². The summed E-state index contributed by atoms with van der Waals surface area (Å²) in [4.78, 5) is 21.2. The quantitative estimate of drug-likeness (QED) is 0.763. The van der Waals surface area contributed by atoms with Gasteiger partial charge in [0.05, 0.1) is 6.54 Å². The van der Waals surface area contributed by atoms with Crippen LogP contribution in [0, 0.1) is 5.92 Å². The molecule has 28 heavy (non-hydrogen) atoms. The number of hydrogen-bond donors (Lipinski definition) is 1. The maximum atomic E-state index is 12.1. The van der Waals surface area contributed by atoms with Gasteiger partial charge in [0.2, 0.25) is 5.89 Å². The number of hydrogen-bond acceptors (Lipinski definition) is 5. The summed E-state index contributed by atoms with van der Waals surface area (Å²) in [6.07, 6.45) is 8.32. The molecule has 1 aliphatic heterocycles. The fourth-order valence-electron chi connectivity index (χ4n) is 3.36. The van der Waals surface area contributed by atoms with Crippen LogP contribution in [0.5, 0.6) is 0 Å². The lowest BCUT2D eigenvalue weighted by Crippen LogP contribution is -2.45. The number of oxazole rings is 1. The van der Waals surface area contributed by atoms with Crippen molar-refractivity contribution in [2.24, 2.45) is 5.92 Å². The summed E-state index contributed by atoms with van der Waals surface area (Å²) in [6.45, 7) is 6.37. The third kappa shape index (κ3) is 5.53. The van der Waals surface area contributed by atoms with E-state index in [9.17, 15) is 4.79 Å². The molecule has 148 valence electrons. The molecule has 6 heteroatoms. The largest absolute Gasteiger partial charge is 0.447 e. The van der Waals surface area contributed by atoms with Crippen LogP contribution < -0.4 is 5.32 Å². The molecule has 2 fully saturated rings. The Labute approximate surface area is 166 Å². The van der Waals surface area contributed by atoms with Crippen LogP contribution in [0.4, 0.5) is 0 Å². The Hall–Kier alpha value is -2.44. The number of nitrogens with zero attached hydrogens (tertiary/aromatic N) is 3. The van der Waals surface area contributed by atoms with Gasteiger partial charge in [-0.05, 0) is 24.3 Å². The predicted octanol–water partition coefficient (Wildman–Crippen LogP) is 2.65. The van der Waals surface area contributed by atoms with Gasteiger partial charge in [-0.3, -0.25) is 14.6 Å². The monoisotopic (exact) mass is 380 g/mol. The van der Waals surface area contributed by atoms with Crippen LogP contribution in [-0.2, 0) is 6.54 Å². The Balaban J connectivity index is 1.18. The van der Waals surface area contributed by atoms with E-state index in [0.29, 0.717) is 24.0 Å². The first-order valence-corrected chi connectivity index (χ1v) is 10.1. The van der Waals surface area contributed by atoms with Crippen molar-refractivity contribution in [3.63, 3.8) is 0 Å². The minimum atomic E-state index is -0.128. The van der Waals surface area contributed by atoms with E-state index in [0.717, 1.165) is 39.3 Å². The van der Waals surface area contributed by atoms with Gasteiger partial charge in [-0.25, -0.2) is 4.98 Å². The Morgan fingerprint density at radius 1 is 1.14 bits per heavy atom. The molecule has 0 radical (unpaired) electrons. The minimum absolute atomic E-state index is 0.128. The van der Waals surface area contributed by atoms with Gasteiger partial charge in [0.1, 0.15) is 6.26 Å². The fourth-order valence-corrected chi connectivity index (χ4v) is 3.36. The van der Waals surface area contributed by atoms with Gasteiger partial charge in [0.15, 0.2) is 5.69 Å². The van der Waals surface area contributed by atoms with E-state index in [1.54, 1.807) is 0 Å². The Morgan fingerprint density at radius 2 is 1.89 bits per heavy atom. The highest BCUT2D eigenvalue weighted by Gasteiger charge is 2.23. The molecule has 1 aliphatic carbocycles. The number of nitrogens with one attached hydrogen (secondary N) is 1. The molecule has 0 atom stereocenters. The van der Waals surface area contributed by atoms with Crippen LogP contribution in [0.15, 0.2) is 47.1 Å². The summed E-state index contributed by atoms with van der Waals surface area (Å²) >= 11 is 0. The summed E-state index contributed by atoms with van der Waals surface area (Å²) in [7, 11) is 0. The molecule has 1 aromatic carbocycles. The fraction of sp³-hybridized carbons (Fsp3) is 0.455. The normalized spacial score (nSPS) is 18.6. The second-order valence-corrected chi connectivity index (χ2v) is 7.67. The number of piperazine rings is 1. The van der Waals surface area contributed by atoms with Crippen LogP contribution >= 0.6 is 0 Å². The molecule has 1 aromatic heterocycles. The van der Waals surface area contributed by atoms with Gasteiger partial charge in [-0.1, -0.05) is 42.5 Å². The van der Waals surface area contributed by atoms with Gasteiger partial charge >= 0.3 is 0 Å². The highest BCUT2D eigenvalue weighted by Crippen LogP contribution is 2.27. The number of aromatic nitrogens is 1. The van der Waals surface area contributed by atoms with E-state index in [4.69, 9.17) is 4.42 Å². The van der Waals surface area contributed by atoms with E-state index in [-0.39, 0.29) is 5.91 Å². The summed E-state index contributed by atoms with van der Waals surface area (Å²) in [5.41, 5.74) is 1.63. The van der Waals surface area contributed by atoms with Gasteiger partial charge in [0.25, 0.3) is 5.91 Å². The van der Waals surface area contributed by atoms with Crippen molar-refractivity contribution < 1.29 is 9.21 Å². The summed E-state index contributed by atoms with van der Waals surface area (Å²) < 4.78 is 5.51. The lowest BCUT2D eigenvalue weighted by atomic mass is 10.2. The molecule has 4 rings (SSSR count). The molecule has 0 unspecified atom stereocenters. The molecule has 1 saturated heterocycles. The van der Waals surface area contributed by atoms with Crippen molar-refractivity contribution in [2.75, 3.05) is 39.3 Å². The second kappa shape index (κ2) is 9.17. The Kier molecular flexibility index (Phi) is 6.19. The SMILES string of the molecule is O=C(NCC1CC1)c1coc(CN2CCN(C/C=C/c3ccccc3)CC2)n1. The van der Waals surface area contributed by atoms with Crippen LogP contribution in [0.25, 0.3) is 6.08 Å². The smallest absolute Gasteiger partial charge is 0.273 e. The maximum absolute atomic E-state index is 12.1. The molecule has 6 nitrogen and oxygen atoms in total. The highest BCUT2D eigenvalue weighted by molar-refractivity contribution is 5.91. The first-order valence-electron chi connectivity index (χ1n) is 10.1. The lowest BCUT2D eigenvalue weighted by Gasteiger charge is -2.33. The van der Waals surface area contributed by atoms with E-state index < -0.39 is 0 Å². The molecule has 2 heterocycles. The second-order valence-electron chi connectivity index (χ2n) is 7.67. The number of carbonyl (C=O) groups is 1. The Morgan fingerprint density at radius 3 is 2.64 bits per heavy atom. The number of rotatable bonds is 8. The summed E-state index contributed by atoms with van der Waals surface area (Å²) in [5.74, 6) is 1.15. The third-order valence-electron chi connectivity index (χ3n) is 5.33. The number of benzene rings is 1. The average molecular weight is 380 g/mol. The highest BCUT2D eigenvalue weighted by atomic mass is 16.3. The van der Waals surface area contributed by atoms with E-state index >= 15 is 0 Å². The zero-order valence-electron chi connectivity index (χ0n) is 16.2. The standard InChI is InChI=1S/C22H28N4O2/c27-22(23-15-19-8-9-19)20-17-28-21(24-20)16-26-13-11-25(12-14-26)10-4-7-18-5-2-1-3-6-18/h1-7,17,19H,8-16H2,(H,23,27)/b7-4+. The van der Waals surface area contributed by atoms with E-state index in [2.05, 4.69) is 56.5 Å². The maximum Gasteiger partial charge on any atom is 0.273 e. The van der Waals surface area contributed by atoms with Crippen molar-refractivity contribution in [3.8, 4) is 0 Å². The molecule has 2 aromatic rings. The minimum Gasteiger partial charge on any atom is -0.447 e. The molecule has 1 amide bonds. The van der Waals surface area contributed by atoms with Crippen molar-refractivity contribution in [2.45, 2.75) is 19.4 Å². The summed E-state index contributed by atoms with van der Waals surface area (Å²) in [6, 6.07) is 10.4. The van der Waals surface area contributed by atoms with Gasteiger partial charge in [-0.2, -0.15) is 0 Å². The molecule has 2 aliphatic rings. The Bertz CT molecular complexity index is 790. The van der Waals surface area contributed by atoms with Crippen LogP contribution in [-0.4, -0.2) is 60.0 Å². The van der Waals surface area contributed by atoms with Gasteiger partial charge in [0, 0.05) is 39.3 Å². The van der Waals surface area contributed by atoms with Crippen molar-refractivity contribution in [3.05, 3.63) is 59.8 Å². The first-order chi connectivity index (χ1) is 13.8. The number of carbonyl (C=O) groups excluding carboxylic acids is 1. The van der Waals surface area contributed by atoms with Crippen LogP contribution in [0.2, 0.25) is 0 Å². The molecule has 0 bridgehead atoms. The molecule has 1 N–H and O–H groups in total. The predicted molar refractivity (Wildman–Crippen MR) is 109 cm³/mol.